The van der Waals surface area contributed by atoms with Gasteiger partial charge in [0.05, 0.1) is 12.6 Å². The van der Waals surface area contributed by atoms with Crippen molar-refractivity contribution in [2.45, 2.75) is 4.90 Å². The molecule has 0 amide bonds. The molecule has 0 unspecified atom stereocenters. The molecule has 22 heavy (non-hydrogen) atoms. The molecule has 3 nitrogen and oxygen atoms in total. The summed E-state index contributed by atoms with van der Waals surface area (Å²) in [6, 6.07) is 12.1. The fourth-order valence-corrected chi connectivity index (χ4v) is 2.55. The normalized spacial score (nSPS) is 10.7. The number of hydrogen-bond donors (Lipinski definition) is 0. The van der Waals surface area contributed by atoms with Crippen molar-refractivity contribution in [2.75, 3.05) is 13.4 Å². The third kappa shape index (κ3) is 2.85. The van der Waals surface area contributed by atoms with Gasteiger partial charge in [0, 0.05) is 22.5 Å². The molecule has 0 N–H and O–H groups in total. The molecule has 0 aliphatic rings. The van der Waals surface area contributed by atoms with Gasteiger partial charge in [-0.1, -0.05) is 0 Å². The molecule has 0 aliphatic carbocycles. The number of ether oxygens (including phenoxy) is 2. The van der Waals surface area contributed by atoms with Gasteiger partial charge < -0.3 is 9.47 Å². The predicted molar refractivity (Wildman–Crippen MR) is 86.6 cm³/mol. The van der Waals surface area contributed by atoms with Gasteiger partial charge in [0.1, 0.15) is 11.5 Å². The van der Waals surface area contributed by atoms with E-state index < -0.39 is 0 Å². The van der Waals surface area contributed by atoms with Gasteiger partial charge in [-0.3, -0.25) is 4.98 Å². The molecular formula is C17H14FNO2S. The van der Waals surface area contributed by atoms with Crippen LogP contribution in [0.3, 0.4) is 0 Å². The highest BCUT2D eigenvalue weighted by molar-refractivity contribution is 7.98. The van der Waals surface area contributed by atoms with Gasteiger partial charge in [-0.25, -0.2) is 4.39 Å². The summed E-state index contributed by atoms with van der Waals surface area (Å²) in [5, 5.41) is 0.802. The number of thioether (sulfide) groups is 1. The summed E-state index contributed by atoms with van der Waals surface area (Å²) in [6.07, 6.45) is 3.53. The Morgan fingerprint density at radius 3 is 2.64 bits per heavy atom. The number of nitrogens with zero attached hydrogens (tertiary/aromatic N) is 1. The maximum Gasteiger partial charge on any atom is 0.166 e. The number of methoxy groups -OCH3 is 1. The second kappa shape index (κ2) is 6.23. The third-order valence-corrected chi connectivity index (χ3v) is 3.99. The van der Waals surface area contributed by atoms with Crippen LogP contribution >= 0.6 is 11.8 Å². The largest absolute Gasteiger partial charge is 0.497 e. The number of fused-ring (bicyclic) bond motifs is 1. The first-order valence-corrected chi connectivity index (χ1v) is 7.88. The lowest BCUT2D eigenvalue weighted by Gasteiger charge is -2.10. The van der Waals surface area contributed by atoms with Crippen LogP contribution < -0.4 is 9.47 Å². The van der Waals surface area contributed by atoms with Crippen LogP contribution in [0, 0.1) is 5.82 Å². The van der Waals surface area contributed by atoms with Gasteiger partial charge >= 0.3 is 0 Å². The van der Waals surface area contributed by atoms with Gasteiger partial charge in [-0.2, -0.15) is 0 Å². The van der Waals surface area contributed by atoms with E-state index in [4.69, 9.17) is 9.47 Å². The smallest absolute Gasteiger partial charge is 0.166 e. The Bertz CT molecular complexity index is 823. The lowest BCUT2D eigenvalue weighted by atomic mass is 10.2. The quantitative estimate of drug-likeness (QED) is 0.641. The molecule has 0 spiro atoms. The predicted octanol–water partition coefficient (Wildman–Crippen LogP) is 4.90. The number of benzene rings is 2. The van der Waals surface area contributed by atoms with E-state index in [1.165, 1.54) is 17.8 Å². The van der Waals surface area contributed by atoms with E-state index in [0.29, 0.717) is 11.5 Å². The van der Waals surface area contributed by atoms with E-state index in [0.717, 1.165) is 15.8 Å². The molecule has 0 atom stereocenters. The van der Waals surface area contributed by atoms with Crippen LogP contribution in [0.5, 0.6) is 17.2 Å². The average molecular weight is 315 g/mol. The molecule has 0 saturated heterocycles. The molecule has 3 rings (SSSR count). The van der Waals surface area contributed by atoms with Crippen molar-refractivity contribution in [2.24, 2.45) is 0 Å². The van der Waals surface area contributed by atoms with Crippen molar-refractivity contribution in [3.05, 3.63) is 54.5 Å². The Labute approximate surface area is 132 Å². The van der Waals surface area contributed by atoms with Crippen LogP contribution in [0.4, 0.5) is 4.39 Å². The van der Waals surface area contributed by atoms with Gasteiger partial charge in [0.2, 0.25) is 0 Å². The van der Waals surface area contributed by atoms with E-state index in [1.807, 2.05) is 30.5 Å². The molecule has 0 aliphatic heterocycles. The lowest BCUT2D eigenvalue weighted by molar-refractivity contribution is 0.415. The minimum absolute atomic E-state index is 0.195. The zero-order valence-corrected chi connectivity index (χ0v) is 13.0. The summed E-state index contributed by atoms with van der Waals surface area (Å²) in [5.74, 6) is 1.09. The van der Waals surface area contributed by atoms with Crippen molar-refractivity contribution < 1.29 is 13.9 Å². The average Bonchev–Trinajstić information content (AvgIpc) is 2.56. The second-order valence-corrected chi connectivity index (χ2v) is 5.47. The first-order chi connectivity index (χ1) is 10.7. The summed E-state index contributed by atoms with van der Waals surface area (Å²) in [4.78, 5) is 5.14. The molecule has 0 saturated carbocycles. The molecular weight excluding hydrogens is 301 g/mol. The van der Waals surface area contributed by atoms with Crippen LogP contribution in [0.25, 0.3) is 10.9 Å². The van der Waals surface area contributed by atoms with Crippen LogP contribution in [-0.2, 0) is 0 Å². The van der Waals surface area contributed by atoms with Crippen molar-refractivity contribution in [3.8, 4) is 17.2 Å². The number of halogens is 1. The summed E-state index contributed by atoms with van der Waals surface area (Å²) in [7, 11) is 1.60. The number of pyridine rings is 1. The van der Waals surface area contributed by atoms with Crippen molar-refractivity contribution >= 4 is 22.7 Å². The lowest BCUT2D eigenvalue weighted by Crippen LogP contribution is -1.91. The Balaban J connectivity index is 2.00. The number of hydrogen-bond acceptors (Lipinski definition) is 4. The highest BCUT2D eigenvalue weighted by Gasteiger charge is 2.09. The molecule has 0 bridgehead atoms. The topological polar surface area (TPSA) is 31.4 Å². The van der Waals surface area contributed by atoms with Crippen molar-refractivity contribution in [1.29, 1.82) is 0 Å². The SMILES string of the molecule is COc1ccc2c(Oc3ccc(SC)cc3F)ccnc2c1. The van der Waals surface area contributed by atoms with Gasteiger partial charge in [0.15, 0.2) is 11.6 Å². The first kappa shape index (κ1) is 14.7. The summed E-state index contributed by atoms with van der Waals surface area (Å²) < 4.78 is 25.0. The third-order valence-electron chi connectivity index (χ3n) is 3.27. The second-order valence-electron chi connectivity index (χ2n) is 4.59. The van der Waals surface area contributed by atoms with E-state index in [-0.39, 0.29) is 11.6 Å². The van der Waals surface area contributed by atoms with Crippen LogP contribution in [-0.4, -0.2) is 18.3 Å². The maximum absolute atomic E-state index is 14.1. The van der Waals surface area contributed by atoms with Crippen LogP contribution in [0.2, 0.25) is 0 Å². The molecule has 0 fully saturated rings. The van der Waals surface area contributed by atoms with Gasteiger partial charge in [-0.15, -0.1) is 11.8 Å². The summed E-state index contributed by atoms with van der Waals surface area (Å²) >= 11 is 1.49. The highest BCUT2D eigenvalue weighted by atomic mass is 32.2. The minimum Gasteiger partial charge on any atom is -0.497 e. The standard InChI is InChI=1S/C17H14FNO2S/c1-20-11-3-5-13-15(9-11)19-8-7-16(13)21-17-6-4-12(22-2)10-14(17)18/h3-10H,1-2H3. The van der Waals surface area contributed by atoms with Crippen molar-refractivity contribution in [3.63, 3.8) is 0 Å². The Morgan fingerprint density at radius 2 is 1.91 bits per heavy atom. The number of aromatic nitrogens is 1. The van der Waals surface area contributed by atoms with Gasteiger partial charge in [-0.05, 0) is 42.7 Å². The van der Waals surface area contributed by atoms with Crippen LogP contribution in [0.15, 0.2) is 53.6 Å². The highest BCUT2D eigenvalue weighted by Crippen LogP contribution is 2.33. The molecule has 5 heteroatoms. The van der Waals surface area contributed by atoms with Crippen molar-refractivity contribution in [1.82, 2.24) is 4.98 Å². The fourth-order valence-electron chi connectivity index (χ4n) is 2.13. The molecule has 2 aromatic carbocycles. The zero-order chi connectivity index (χ0) is 15.5. The molecule has 0 radical (unpaired) electrons. The molecule has 1 aromatic heterocycles. The van der Waals surface area contributed by atoms with E-state index in [2.05, 4.69) is 4.98 Å². The zero-order valence-electron chi connectivity index (χ0n) is 12.2. The van der Waals surface area contributed by atoms with E-state index in [9.17, 15) is 4.39 Å². The minimum atomic E-state index is -0.384. The monoisotopic (exact) mass is 315 g/mol. The maximum atomic E-state index is 14.1. The molecule has 112 valence electrons. The fraction of sp³-hybridized carbons (Fsp3) is 0.118. The molecule has 3 aromatic rings. The van der Waals surface area contributed by atoms with E-state index in [1.54, 1.807) is 25.4 Å². The number of rotatable bonds is 4. The van der Waals surface area contributed by atoms with Crippen LogP contribution in [0.1, 0.15) is 0 Å². The summed E-state index contributed by atoms with van der Waals surface area (Å²) in [5.41, 5.74) is 0.734. The van der Waals surface area contributed by atoms with E-state index >= 15 is 0 Å². The molecule has 1 heterocycles. The van der Waals surface area contributed by atoms with Gasteiger partial charge in [0.25, 0.3) is 0 Å². The Kier molecular flexibility index (Phi) is 4.15. The first-order valence-electron chi connectivity index (χ1n) is 6.65. The summed E-state index contributed by atoms with van der Waals surface area (Å²) in [6.45, 7) is 0. The Hall–Kier alpha value is -2.27. The Morgan fingerprint density at radius 1 is 1.05 bits per heavy atom.